The van der Waals surface area contributed by atoms with Gasteiger partial charge in [-0.1, -0.05) is 44.5 Å². The van der Waals surface area contributed by atoms with Crippen molar-refractivity contribution in [3.05, 3.63) is 87.0 Å². The van der Waals surface area contributed by atoms with Crippen LogP contribution in [0.15, 0.2) is 64.5 Å². The smallest absolute Gasteiger partial charge is 0.266 e. The number of amides is 1. The van der Waals surface area contributed by atoms with Crippen molar-refractivity contribution in [1.29, 1.82) is 0 Å². The Morgan fingerprint density at radius 3 is 2.24 bits per heavy atom. The average Bonchev–Trinajstić information content (AvgIpc) is 3.19. The summed E-state index contributed by atoms with van der Waals surface area (Å²) in [5, 5.41) is 1.31. The van der Waals surface area contributed by atoms with Crippen LogP contribution in [0.25, 0.3) is 11.8 Å². The summed E-state index contributed by atoms with van der Waals surface area (Å²) in [4.78, 5) is 19.8. The van der Waals surface area contributed by atoms with Crippen LogP contribution in [-0.2, 0) is 10.2 Å². The molecule has 1 aliphatic rings. The molecule has 0 atom stereocenters. The second-order valence-corrected chi connectivity index (χ2v) is 10.7. The lowest BCUT2D eigenvalue weighted by molar-refractivity contribution is -0.121. The van der Waals surface area contributed by atoms with Gasteiger partial charge >= 0.3 is 0 Å². The third kappa shape index (κ3) is 4.80. The number of aromatic nitrogens is 1. The molecule has 1 aromatic heterocycles. The van der Waals surface area contributed by atoms with Crippen LogP contribution in [0.2, 0.25) is 5.02 Å². The normalized spacial score (nSPS) is 16.9. The molecule has 1 fully saturated rings. The molecular weight excluding hydrogens is 450 g/mol. The maximum Gasteiger partial charge on any atom is 0.266 e. The average molecular weight is 478 g/mol. The third-order valence-electron chi connectivity index (χ3n) is 5.80. The molecule has 170 valence electrons. The van der Waals surface area contributed by atoms with Crippen LogP contribution in [0.5, 0.6) is 0 Å². The zero-order valence-corrected chi connectivity index (χ0v) is 21.4. The lowest BCUT2D eigenvalue weighted by Crippen LogP contribution is -2.23. The minimum atomic E-state index is -0.0490. The Morgan fingerprint density at radius 2 is 1.64 bits per heavy atom. The maximum absolute atomic E-state index is 12.9. The molecule has 1 aliphatic heterocycles. The summed E-state index contributed by atoms with van der Waals surface area (Å²) in [6.45, 7) is 10.8. The van der Waals surface area contributed by atoms with Gasteiger partial charge in [-0.3, -0.25) is 9.69 Å². The molecule has 33 heavy (non-hydrogen) atoms. The van der Waals surface area contributed by atoms with Crippen molar-refractivity contribution in [2.24, 2.45) is 4.99 Å². The zero-order valence-electron chi connectivity index (χ0n) is 19.8. The summed E-state index contributed by atoms with van der Waals surface area (Å²) in [7, 11) is 1.75. The van der Waals surface area contributed by atoms with Crippen molar-refractivity contribution in [3.63, 3.8) is 0 Å². The summed E-state index contributed by atoms with van der Waals surface area (Å²) in [6.07, 6.45) is 1.97. The topological polar surface area (TPSA) is 37.6 Å². The summed E-state index contributed by atoms with van der Waals surface area (Å²) in [5.41, 5.74) is 6.56. The molecule has 2 heterocycles. The highest BCUT2D eigenvalue weighted by atomic mass is 35.5. The number of carbonyl (C=O) groups excluding carboxylic acids is 1. The first kappa shape index (κ1) is 23.4. The van der Waals surface area contributed by atoms with Crippen LogP contribution in [0.4, 0.5) is 5.69 Å². The first-order valence-electron chi connectivity index (χ1n) is 10.9. The molecule has 1 saturated heterocycles. The number of amidine groups is 1. The Morgan fingerprint density at radius 1 is 1.00 bits per heavy atom. The van der Waals surface area contributed by atoms with Crippen molar-refractivity contribution in [2.45, 2.75) is 40.0 Å². The Balaban J connectivity index is 1.65. The molecule has 0 N–H and O–H groups in total. The van der Waals surface area contributed by atoms with E-state index < -0.39 is 0 Å². The molecule has 1 amide bonds. The van der Waals surface area contributed by atoms with E-state index in [0.717, 1.165) is 28.3 Å². The number of benzene rings is 2. The lowest BCUT2D eigenvalue weighted by atomic mass is 9.87. The van der Waals surface area contributed by atoms with Gasteiger partial charge in [-0.25, -0.2) is 4.99 Å². The number of carbonyl (C=O) groups is 1. The second-order valence-electron chi connectivity index (χ2n) is 9.30. The molecule has 0 spiro atoms. The van der Waals surface area contributed by atoms with E-state index in [9.17, 15) is 4.79 Å². The number of rotatable bonds is 3. The van der Waals surface area contributed by atoms with E-state index in [1.807, 2.05) is 18.2 Å². The number of hydrogen-bond donors (Lipinski definition) is 0. The van der Waals surface area contributed by atoms with Gasteiger partial charge in [-0.05, 0) is 90.7 Å². The highest BCUT2D eigenvalue weighted by molar-refractivity contribution is 8.18. The van der Waals surface area contributed by atoms with E-state index in [2.05, 4.69) is 74.5 Å². The van der Waals surface area contributed by atoms with Gasteiger partial charge in [0, 0.05) is 29.1 Å². The Hall–Kier alpha value is -2.76. The van der Waals surface area contributed by atoms with Crippen molar-refractivity contribution in [2.75, 3.05) is 7.05 Å². The highest BCUT2D eigenvalue weighted by Gasteiger charge is 2.30. The molecule has 0 aliphatic carbocycles. The van der Waals surface area contributed by atoms with E-state index in [4.69, 9.17) is 11.6 Å². The van der Waals surface area contributed by atoms with Crippen LogP contribution in [-0.4, -0.2) is 27.6 Å². The van der Waals surface area contributed by atoms with Crippen LogP contribution < -0.4 is 0 Å². The SMILES string of the molecule is Cc1cc(/C=C2\SC(=Nc3ccc(Cl)cc3)N(C)C2=O)c(C)n1-c1ccc(C(C)(C)C)cc1. The van der Waals surface area contributed by atoms with Gasteiger partial charge < -0.3 is 4.57 Å². The molecule has 6 heteroatoms. The van der Waals surface area contributed by atoms with Crippen LogP contribution in [0, 0.1) is 13.8 Å². The molecule has 4 nitrogen and oxygen atoms in total. The quantitative estimate of drug-likeness (QED) is 0.372. The number of nitrogens with zero attached hydrogens (tertiary/aromatic N) is 3. The molecule has 0 unspecified atom stereocenters. The van der Waals surface area contributed by atoms with Crippen LogP contribution >= 0.6 is 23.4 Å². The number of aliphatic imine (C=N–C) groups is 1. The molecule has 0 saturated carbocycles. The minimum Gasteiger partial charge on any atom is -0.318 e. The zero-order chi connectivity index (χ0) is 23.9. The summed E-state index contributed by atoms with van der Waals surface area (Å²) >= 11 is 7.36. The largest absolute Gasteiger partial charge is 0.318 e. The van der Waals surface area contributed by atoms with Crippen molar-refractivity contribution in [1.82, 2.24) is 9.47 Å². The first-order valence-corrected chi connectivity index (χ1v) is 12.1. The maximum atomic E-state index is 12.9. The first-order chi connectivity index (χ1) is 15.5. The number of likely N-dealkylation sites (N-methyl/N-ethyl adjacent to an activating group) is 1. The summed E-state index contributed by atoms with van der Waals surface area (Å²) < 4.78 is 2.23. The second kappa shape index (κ2) is 8.88. The van der Waals surface area contributed by atoms with Gasteiger partial charge in [0.15, 0.2) is 5.17 Å². The molecule has 0 radical (unpaired) electrons. The van der Waals surface area contributed by atoms with E-state index >= 15 is 0 Å². The minimum absolute atomic E-state index is 0.0490. The highest BCUT2D eigenvalue weighted by Crippen LogP contribution is 2.35. The molecule has 4 rings (SSSR count). The molecule has 0 bridgehead atoms. The standard InChI is InChI=1S/C27H28ClN3OS/c1-17-15-19(18(2)31(17)23-13-7-20(8-14-23)27(3,4)5)16-24-25(32)30(6)26(33-24)29-22-11-9-21(28)10-12-22/h7-16H,1-6H3/b24-16-,29-26?. The third-order valence-corrected chi connectivity index (χ3v) is 7.12. The fourth-order valence-electron chi connectivity index (χ4n) is 3.86. The summed E-state index contributed by atoms with van der Waals surface area (Å²) in [6, 6.07) is 18.1. The van der Waals surface area contributed by atoms with Crippen LogP contribution in [0.3, 0.4) is 0 Å². The van der Waals surface area contributed by atoms with Gasteiger partial charge in [-0.15, -0.1) is 0 Å². The Labute approximate surface area is 205 Å². The van der Waals surface area contributed by atoms with E-state index in [0.29, 0.717) is 15.1 Å². The van der Waals surface area contributed by atoms with Gasteiger partial charge in [0.2, 0.25) is 0 Å². The molecule has 2 aromatic carbocycles. The van der Waals surface area contributed by atoms with Gasteiger partial charge in [0.05, 0.1) is 10.6 Å². The van der Waals surface area contributed by atoms with Crippen LogP contribution in [0.1, 0.15) is 43.3 Å². The van der Waals surface area contributed by atoms with Gasteiger partial charge in [0.25, 0.3) is 5.91 Å². The fraction of sp³-hybridized carbons (Fsp3) is 0.259. The number of aryl methyl sites for hydroxylation is 1. The number of hydrogen-bond acceptors (Lipinski definition) is 3. The predicted octanol–water partition coefficient (Wildman–Crippen LogP) is 7.28. The lowest BCUT2D eigenvalue weighted by Gasteiger charge is -2.20. The number of thioether (sulfide) groups is 1. The predicted molar refractivity (Wildman–Crippen MR) is 141 cm³/mol. The fourth-order valence-corrected chi connectivity index (χ4v) is 4.96. The van der Waals surface area contributed by atoms with E-state index in [-0.39, 0.29) is 11.3 Å². The Kier molecular flexibility index (Phi) is 6.30. The Bertz CT molecular complexity index is 1260. The van der Waals surface area contributed by atoms with E-state index in [1.54, 1.807) is 24.1 Å². The monoisotopic (exact) mass is 477 g/mol. The summed E-state index contributed by atoms with van der Waals surface area (Å²) in [5.74, 6) is -0.0490. The molecule has 3 aromatic rings. The van der Waals surface area contributed by atoms with Gasteiger partial charge in [-0.2, -0.15) is 0 Å². The number of halogens is 1. The van der Waals surface area contributed by atoms with Crippen molar-refractivity contribution in [3.8, 4) is 5.69 Å². The molecular formula is C27H28ClN3OS. The van der Waals surface area contributed by atoms with Gasteiger partial charge in [0.1, 0.15) is 0 Å². The van der Waals surface area contributed by atoms with Crippen molar-refractivity contribution >= 4 is 46.2 Å². The van der Waals surface area contributed by atoms with E-state index in [1.165, 1.54) is 17.3 Å². The van der Waals surface area contributed by atoms with Crippen molar-refractivity contribution < 1.29 is 4.79 Å².